The van der Waals surface area contributed by atoms with Gasteiger partial charge in [0.15, 0.2) is 17.3 Å². The average molecular weight is 508 g/mol. The minimum absolute atomic E-state index is 0.0480. The van der Waals surface area contributed by atoms with Gasteiger partial charge in [0.1, 0.15) is 5.69 Å². The van der Waals surface area contributed by atoms with Crippen molar-refractivity contribution in [2.75, 3.05) is 5.32 Å². The maximum atomic E-state index is 11.8. The zero-order chi connectivity index (χ0) is 25.5. The Morgan fingerprint density at radius 1 is 1.05 bits per heavy atom. The summed E-state index contributed by atoms with van der Waals surface area (Å²) in [4.78, 5) is 42.4. The first-order valence-corrected chi connectivity index (χ1v) is 12.5. The molecule has 0 aliphatic rings. The number of amides is 1. The van der Waals surface area contributed by atoms with Crippen LogP contribution in [0.15, 0.2) is 61.1 Å². The highest BCUT2D eigenvalue weighted by atomic mass is 32.1. The zero-order valence-corrected chi connectivity index (χ0v) is 20.8. The minimum Gasteiger partial charge on any atom is -0.337 e. The third-order valence-corrected chi connectivity index (χ3v) is 7.27. The number of hydrogen-bond acceptors (Lipinski definition) is 7. The van der Waals surface area contributed by atoms with Crippen LogP contribution in [0.3, 0.4) is 0 Å². The Morgan fingerprint density at radius 3 is 2.73 bits per heavy atom. The van der Waals surface area contributed by atoms with E-state index in [9.17, 15) is 9.59 Å². The highest BCUT2D eigenvalue weighted by molar-refractivity contribution is 7.17. The second-order valence-electron chi connectivity index (χ2n) is 8.57. The molecular weight excluding hydrogens is 486 g/mol. The van der Waals surface area contributed by atoms with E-state index in [1.165, 1.54) is 11.3 Å². The summed E-state index contributed by atoms with van der Waals surface area (Å²) in [5, 5.41) is 11.1. The van der Waals surface area contributed by atoms with E-state index >= 15 is 0 Å². The number of benzene rings is 1. The molecule has 6 aromatic rings. The van der Waals surface area contributed by atoms with Gasteiger partial charge in [-0.25, -0.2) is 9.97 Å². The second kappa shape index (κ2) is 9.07. The highest BCUT2D eigenvalue weighted by Crippen LogP contribution is 2.35. The number of Topliss-reactive ketones (excluding diaryl/α,β-unsaturated/α-hetero) is 1. The summed E-state index contributed by atoms with van der Waals surface area (Å²) in [7, 11) is 0. The number of hydrogen-bond donors (Lipinski definition) is 3. The maximum Gasteiger partial charge on any atom is 0.224 e. The number of aromatic amines is 2. The Hall–Kier alpha value is -4.70. The van der Waals surface area contributed by atoms with Crippen molar-refractivity contribution in [3.8, 4) is 33.1 Å². The Kier molecular flexibility index (Phi) is 5.57. The van der Waals surface area contributed by atoms with Gasteiger partial charge >= 0.3 is 0 Å². The normalized spacial score (nSPS) is 11.3. The average Bonchev–Trinajstić information content (AvgIpc) is 3.66. The first-order chi connectivity index (χ1) is 18.0. The highest BCUT2D eigenvalue weighted by Gasteiger charge is 2.17. The number of nitrogens with one attached hydrogen (secondary N) is 3. The number of imidazole rings is 1. The van der Waals surface area contributed by atoms with E-state index in [2.05, 4.69) is 30.5 Å². The Bertz CT molecular complexity index is 1810. The molecule has 0 saturated carbocycles. The molecule has 9 nitrogen and oxygen atoms in total. The summed E-state index contributed by atoms with van der Waals surface area (Å²) < 4.78 is 0. The monoisotopic (exact) mass is 507 g/mol. The maximum absolute atomic E-state index is 11.8. The molecule has 5 aromatic heterocycles. The Balaban J connectivity index is 1.42. The predicted octanol–water partition coefficient (Wildman–Crippen LogP) is 5.84. The molecule has 3 N–H and O–H groups in total. The number of anilines is 1. The van der Waals surface area contributed by atoms with Gasteiger partial charge in [0, 0.05) is 40.4 Å². The first kappa shape index (κ1) is 22.7. The molecule has 1 aromatic carbocycles. The number of carbonyl (C=O) groups is 2. The van der Waals surface area contributed by atoms with E-state index in [-0.39, 0.29) is 11.7 Å². The van der Waals surface area contributed by atoms with Gasteiger partial charge in [-0.1, -0.05) is 19.1 Å². The molecule has 0 aliphatic heterocycles. The smallest absolute Gasteiger partial charge is 0.224 e. The topological polar surface area (TPSA) is 129 Å². The van der Waals surface area contributed by atoms with Crippen molar-refractivity contribution >= 4 is 50.8 Å². The van der Waals surface area contributed by atoms with Crippen LogP contribution in [0.2, 0.25) is 0 Å². The predicted molar refractivity (Wildman–Crippen MR) is 144 cm³/mol. The molecule has 0 saturated heterocycles. The molecule has 0 fully saturated rings. The number of nitrogens with zero attached hydrogens (tertiary/aromatic N) is 4. The van der Waals surface area contributed by atoms with E-state index in [4.69, 9.17) is 4.98 Å². The minimum atomic E-state index is -0.0750. The van der Waals surface area contributed by atoms with Crippen molar-refractivity contribution in [3.63, 3.8) is 0 Å². The number of ketones is 1. The zero-order valence-electron chi connectivity index (χ0n) is 20.0. The fourth-order valence-corrected chi connectivity index (χ4v) is 5.10. The molecule has 182 valence electrons. The van der Waals surface area contributed by atoms with E-state index in [1.807, 2.05) is 42.5 Å². The third-order valence-electron chi connectivity index (χ3n) is 6.05. The van der Waals surface area contributed by atoms with Crippen LogP contribution < -0.4 is 5.32 Å². The molecule has 10 heteroatoms. The van der Waals surface area contributed by atoms with E-state index in [0.29, 0.717) is 34.2 Å². The van der Waals surface area contributed by atoms with E-state index in [1.54, 1.807) is 32.4 Å². The number of pyridine rings is 2. The van der Waals surface area contributed by atoms with Gasteiger partial charge in [0.2, 0.25) is 5.91 Å². The van der Waals surface area contributed by atoms with Gasteiger partial charge in [0.25, 0.3) is 0 Å². The molecule has 6 rings (SSSR count). The number of carbonyl (C=O) groups excluding carboxylic acids is 2. The summed E-state index contributed by atoms with van der Waals surface area (Å²) in [5.74, 6) is 0.607. The first-order valence-electron chi connectivity index (χ1n) is 11.7. The summed E-state index contributed by atoms with van der Waals surface area (Å²) in [6, 6.07) is 13.6. The van der Waals surface area contributed by atoms with Crippen molar-refractivity contribution < 1.29 is 9.59 Å². The lowest BCUT2D eigenvalue weighted by Gasteiger charge is -2.06. The van der Waals surface area contributed by atoms with Crippen molar-refractivity contribution in [1.82, 2.24) is 30.1 Å². The van der Waals surface area contributed by atoms with Crippen molar-refractivity contribution in [3.05, 3.63) is 65.9 Å². The van der Waals surface area contributed by atoms with Gasteiger partial charge in [-0.3, -0.25) is 19.7 Å². The van der Waals surface area contributed by atoms with Crippen LogP contribution in [0.4, 0.5) is 5.69 Å². The molecule has 0 aliphatic carbocycles. The van der Waals surface area contributed by atoms with Gasteiger partial charge in [0.05, 0.1) is 33.2 Å². The molecule has 0 atom stereocenters. The van der Waals surface area contributed by atoms with Gasteiger partial charge < -0.3 is 10.3 Å². The molecule has 5 heterocycles. The van der Waals surface area contributed by atoms with Crippen molar-refractivity contribution in [1.29, 1.82) is 0 Å². The van der Waals surface area contributed by atoms with E-state index in [0.717, 1.165) is 38.0 Å². The number of thiophene rings is 1. The molecule has 1 amide bonds. The molecular formula is C27H21N7O2S. The lowest BCUT2D eigenvalue weighted by molar-refractivity contribution is -0.115. The standard InChI is InChI=1S/C27H21N7O2S/c1-3-23(36)30-17-9-15(11-28-13-17)16-10-19-25(33-34-26(19)29-12-16)27-31-20-6-4-5-18(24(20)32-27)22-8-7-21(37-22)14(2)35/h4-13H,3H2,1-2H3,(H,30,36)(H,31,32)(H,29,33,34). The number of rotatable bonds is 6. The summed E-state index contributed by atoms with van der Waals surface area (Å²) in [5.41, 5.74) is 6.20. The van der Waals surface area contributed by atoms with Crippen LogP contribution in [-0.2, 0) is 4.79 Å². The van der Waals surface area contributed by atoms with Crippen LogP contribution in [0, 0.1) is 0 Å². The molecule has 0 unspecified atom stereocenters. The van der Waals surface area contributed by atoms with Gasteiger partial charge in [-0.2, -0.15) is 5.10 Å². The van der Waals surface area contributed by atoms with E-state index < -0.39 is 0 Å². The molecule has 0 spiro atoms. The Morgan fingerprint density at radius 2 is 1.92 bits per heavy atom. The number of fused-ring (bicyclic) bond motifs is 2. The van der Waals surface area contributed by atoms with Crippen LogP contribution in [0.5, 0.6) is 0 Å². The molecule has 0 bridgehead atoms. The lowest BCUT2D eigenvalue weighted by atomic mass is 10.1. The quantitative estimate of drug-likeness (QED) is 0.243. The second-order valence-corrected chi connectivity index (χ2v) is 9.65. The largest absolute Gasteiger partial charge is 0.337 e. The summed E-state index contributed by atoms with van der Waals surface area (Å²) >= 11 is 1.46. The number of H-pyrrole nitrogens is 2. The third kappa shape index (κ3) is 4.17. The van der Waals surface area contributed by atoms with Crippen LogP contribution in [0.25, 0.3) is 55.2 Å². The Labute approximate surface area is 215 Å². The van der Waals surface area contributed by atoms with Crippen LogP contribution in [-0.4, -0.2) is 41.8 Å². The summed E-state index contributed by atoms with van der Waals surface area (Å²) in [6.45, 7) is 3.37. The SMILES string of the molecule is CCC(=O)Nc1cncc(-c2cnc3n[nH]c(-c4nc5c(-c6ccc(C(C)=O)s6)cccc5[nH]4)c3c2)c1. The van der Waals surface area contributed by atoms with Crippen molar-refractivity contribution in [2.24, 2.45) is 0 Å². The summed E-state index contributed by atoms with van der Waals surface area (Å²) in [6.07, 6.45) is 5.47. The number of aromatic nitrogens is 6. The molecule has 0 radical (unpaired) electrons. The fourth-order valence-electron chi connectivity index (χ4n) is 4.17. The van der Waals surface area contributed by atoms with Crippen LogP contribution >= 0.6 is 11.3 Å². The van der Waals surface area contributed by atoms with Crippen LogP contribution in [0.1, 0.15) is 29.9 Å². The fraction of sp³-hybridized carbons (Fsp3) is 0.111. The van der Waals surface area contributed by atoms with Gasteiger partial charge in [-0.05, 0) is 37.3 Å². The number of para-hydroxylation sites is 1. The van der Waals surface area contributed by atoms with Crippen molar-refractivity contribution in [2.45, 2.75) is 20.3 Å². The van der Waals surface area contributed by atoms with Gasteiger partial charge in [-0.15, -0.1) is 11.3 Å². The molecule has 37 heavy (non-hydrogen) atoms. The lowest BCUT2D eigenvalue weighted by Crippen LogP contribution is -2.09.